The molecule has 0 saturated carbocycles. The zero-order valence-electron chi connectivity index (χ0n) is 10.4. The number of halogens is 2. The fourth-order valence-electron chi connectivity index (χ4n) is 3.09. The summed E-state index contributed by atoms with van der Waals surface area (Å²) in [7, 11) is 0. The van der Waals surface area contributed by atoms with Crippen molar-refractivity contribution in [3.63, 3.8) is 0 Å². The number of benzene rings is 1. The van der Waals surface area contributed by atoms with Crippen LogP contribution in [0.5, 0.6) is 0 Å². The Hall–Kier alpha value is -0.0900. The number of nitrogens with zero attached hydrogens (tertiary/aromatic N) is 2. The quantitative estimate of drug-likeness (QED) is 0.821. The molecule has 0 bridgehead atoms. The smallest absolute Gasteiger partial charge is 0.0462 e. The third kappa shape index (κ3) is 2.74. The summed E-state index contributed by atoms with van der Waals surface area (Å²) in [6.45, 7) is 5.88. The number of piperazine rings is 1. The van der Waals surface area contributed by atoms with Crippen molar-refractivity contribution in [2.45, 2.75) is 25.4 Å². The van der Waals surface area contributed by atoms with Crippen molar-refractivity contribution in [1.29, 1.82) is 0 Å². The Bertz CT molecular complexity index is 438. The third-order valence-corrected chi connectivity index (χ3v) is 4.93. The summed E-state index contributed by atoms with van der Waals surface area (Å²) in [5, 5.41) is 0.873. The largest absolute Gasteiger partial charge is 0.298 e. The van der Waals surface area contributed by atoms with Gasteiger partial charge in [-0.2, -0.15) is 0 Å². The van der Waals surface area contributed by atoms with Crippen LogP contribution in [0.2, 0.25) is 5.02 Å². The molecular formula is C14H18BrClN2. The van der Waals surface area contributed by atoms with Gasteiger partial charge in [0.05, 0.1) is 0 Å². The zero-order valence-corrected chi connectivity index (χ0v) is 12.8. The van der Waals surface area contributed by atoms with Crippen LogP contribution in [0.25, 0.3) is 0 Å². The normalized spacial score (nSPS) is 25.3. The van der Waals surface area contributed by atoms with Crippen LogP contribution in [0, 0.1) is 0 Å². The highest BCUT2D eigenvalue weighted by Crippen LogP contribution is 2.26. The number of hydrogen-bond donors (Lipinski definition) is 0. The molecule has 1 aromatic rings. The first kappa shape index (κ1) is 12.9. The summed E-state index contributed by atoms with van der Waals surface area (Å²) in [6, 6.07) is 6.98. The van der Waals surface area contributed by atoms with Gasteiger partial charge < -0.3 is 0 Å². The van der Waals surface area contributed by atoms with Crippen molar-refractivity contribution in [2.75, 3.05) is 26.2 Å². The average molecular weight is 330 g/mol. The standard InChI is InChI=1S/C14H18BrClN2/c15-12-4-3-11(14(16)8-12)9-17-6-7-18-5-1-2-13(18)10-17/h3-4,8,13H,1-2,5-7,9-10H2. The Balaban J connectivity index is 1.66. The van der Waals surface area contributed by atoms with E-state index in [9.17, 15) is 0 Å². The van der Waals surface area contributed by atoms with Crippen molar-refractivity contribution < 1.29 is 0 Å². The van der Waals surface area contributed by atoms with Crippen LogP contribution < -0.4 is 0 Å². The molecule has 1 atom stereocenters. The second-order valence-corrected chi connectivity index (χ2v) is 6.63. The SMILES string of the molecule is Clc1cc(Br)ccc1CN1CCN2CCCC2C1. The van der Waals surface area contributed by atoms with E-state index in [1.54, 1.807) is 0 Å². The van der Waals surface area contributed by atoms with Crippen molar-refractivity contribution in [2.24, 2.45) is 0 Å². The first-order chi connectivity index (χ1) is 8.72. The Morgan fingerprint density at radius 2 is 2.17 bits per heavy atom. The highest BCUT2D eigenvalue weighted by molar-refractivity contribution is 9.10. The molecule has 0 amide bonds. The monoisotopic (exact) mass is 328 g/mol. The summed E-state index contributed by atoms with van der Waals surface area (Å²) in [5.41, 5.74) is 1.24. The molecule has 2 nitrogen and oxygen atoms in total. The molecule has 2 aliphatic heterocycles. The van der Waals surface area contributed by atoms with Crippen LogP contribution in [0.4, 0.5) is 0 Å². The average Bonchev–Trinajstić information content (AvgIpc) is 2.80. The van der Waals surface area contributed by atoms with Gasteiger partial charge in [0.1, 0.15) is 0 Å². The van der Waals surface area contributed by atoms with Gasteiger partial charge in [0.15, 0.2) is 0 Å². The van der Waals surface area contributed by atoms with Crippen molar-refractivity contribution >= 4 is 27.5 Å². The highest BCUT2D eigenvalue weighted by Gasteiger charge is 2.30. The summed E-state index contributed by atoms with van der Waals surface area (Å²) in [6.07, 6.45) is 2.74. The predicted molar refractivity (Wildman–Crippen MR) is 79.0 cm³/mol. The van der Waals surface area contributed by atoms with Crippen LogP contribution in [-0.4, -0.2) is 42.0 Å². The predicted octanol–water partition coefficient (Wildman–Crippen LogP) is 3.38. The van der Waals surface area contributed by atoms with E-state index in [0.717, 1.165) is 22.1 Å². The molecule has 2 aliphatic rings. The van der Waals surface area contributed by atoms with Gasteiger partial charge in [0, 0.05) is 41.7 Å². The minimum absolute atomic E-state index is 0.785. The molecule has 2 saturated heterocycles. The second kappa shape index (κ2) is 5.49. The van der Waals surface area contributed by atoms with Crippen LogP contribution in [-0.2, 0) is 6.54 Å². The first-order valence-corrected chi connectivity index (χ1v) is 7.80. The van der Waals surface area contributed by atoms with Gasteiger partial charge in [0.2, 0.25) is 0 Å². The summed E-state index contributed by atoms with van der Waals surface area (Å²) < 4.78 is 1.05. The fraction of sp³-hybridized carbons (Fsp3) is 0.571. The molecule has 18 heavy (non-hydrogen) atoms. The summed E-state index contributed by atoms with van der Waals surface area (Å²) >= 11 is 9.75. The minimum atomic E-state index is 0.785. The van der Waals surface area contributed by atoms with E-state index in [2.05, 4.69) is 37.9 Å². The summed E-state index contributed by atoms with van der Waals surface area (Å²) in [5.74, 6) is 0. The van der Waals surface area contributed by atoms with Gasteiger partial charge >= 0.3 is 0 Å². The molecule has 0 aromatic heterocycles. The molecule has 0 N–H and O–H groups in total. The van der Waals surface area contributed by atoms with E-state index >= 15 is 0 Å². The maximum absolute atomic E-state index is 6.29. The van der Waals surface area contributed by atoms with Crippen LogP contribution in [0.15, 0.2) is 22.7 Å². The fourth-order valence-corrected chi connectivity index (χ4v) is 3.82. The Morgan fingerprint density at radius 3 is 3.00 bits per heavy atom. The van der Waals surface area contributed by atoms with E-state index in [1.807, 2.05) is 6.07 Å². The lowest BCUT2D eigenvalue weighted by Crippen LogP contribution is -2.49. The molecule has 4 heteroatoms. The topological polar surface area (TPSA) is 6.48 Å². The molecule has 98 valence electrons. The van der Waals surface area contributed by atoms with E-state index in [4.69, 9.17) is 11.6 Å². The first-order valence-electron chi connectivity index (χ1n) is 6.63. The van der Waals surface area contributed by atoms with Gasteiger partial charge in [-0.25, -0.2) is 0 Å². The van der Waals surface area contributed by atoms with Crippen molar-refractivity contribution in [3.05, 3.63) is 33.3 Å². The highest BCUT2D eigenvalue weighted by atomic mass is 79.9. The molecule has 3 rings (SSSR count). The molecule has 2 heterocycles. The lowest BCUT2D eigenvalue weighted by molar-refractivity contribution is 0.0994. The molecule has 0 spiro atoms. The number of rotatable bonds is 2. The lowest BCUT2D eigenvalue weighted by Gasteiger charge is -2.37. The Morgan fingerprint density at radius 1 is 1.28 bits per heavy atom. The number of hydrogen-bond acceptors (Lipinski definition) is 2. The maximum Gasteiger partial charge on any atom is 0.0462 e. The lowest BCUT2D eigenvalue weighted by atomic mass is 10.1. The van der Waals surface area contributed by atoms with Gasteiger partial charge in [0.25, 0.3) is 0 Å². The molecule has 0 aliphatic carbocycles. The Kier molecular flexibility index (Phi) is 3.94. The molecule has 1 unspecified atom stereocenters. The second-order valence-electron chi connectivity index (χ2n) is 5.30. The van der Waals surface area contributed by atoms with Crippen molar-refractivity contribution in [3.8, 4) is 0 Å². The van der Waals surface area contributed by atoms with Gasteiger partial charge in [-0.05, 0) is 37.1 Å². The van der Waals surface area contributed by atoms with E-state index in [1.165, 1.54) is 44.6 Å². The Labute approximate surface area is 122 Å². The van der Waals surface area contributed by atoms with Gasteiger partial charge in [-0.1, -0.05) is 33.6 Å². The van der Waals surface area contributed by atoms with E-state index < -0.39 is 0 Å². The number of fused-ring (bicyclic) bond motifs is 1. The summed E-state index contributed by atoms with van der Waals surface area (Å²) in [4.78, 5) is 5.18. The van der Waals surface area contributed by atoms with Crippen LogP contribution in [0.3, 0.4) is 0 Å². The van der Waals surface area contributed by atoms with E-state index in [-0.39, 0.29) is 0 Å². The minimum Gasteiger partial charge on any atom is -0.298 e. The van der Waals surface area contributed by atoms with E-state index in [0.29, 0.717) is 0 Å². The van der Waals surface area contributed by atoms with Crippen LogP contribution in [0.1, 0.15) is 18.4 Å². The van der Waals surface area contributed by atoms with Gasteiger partial charge in [-0.15, -0.1) is 0 Å². The molecule has 0 radical (unpaired) electrons. The molecule has 1 aromatic carbocycles. The van der Waals surface area contributed by atoms with Crippen LogP contribution >= 0.6 is 27.5 Å². The van der Waals surface area contributed by atoms with Gasteiger partial charge in [-0.3, -0.25) is 9.80 Å². The molecular weight excluding hydrogens is 312 g/mol. The third-order valence-electron chi connectivity index (χ3n) is 4.08. The molecule has 2 fully saturated rings. The van der Waals surface area contributed by atoms with Crippen molar-refractivity contribution in [1.82, 2.24) is 9.80 Å². The maximum atomic E-state index is 6.29. The zero-order chi connectivity index (χ0) is 12.5.